The van der Waals surface area contributed by atoms with Crippen molar-refractivity contribution in [2.45, 2.75) is 36.0 Å². The van der Waals surface area contributed by atoms with Crippen LogP contribution in [0.3, 0.4) is 0 Å². The van der Waals surface area contributed by atoms with Gasteiger partial charge >= 0.3 is 0 Å². The predicted octanol–water partition coefficient (Wildman–Crippen LogP) is 6.31. The number of para-hydroxylation sites is 1. The molecule has 33 heavy (non-hydrogen) atoms. The summed E-state index contributed by atoms with van der Waals surface area (Å²) in [5.74, 6) is 0.00123. The Hall–Kier alpha value is -3.51. The number of allylic oxidation sites excluding steroid dienone is 1. The van der Waals surface area contributed by atoms with Crippen molar-refractivity contribution in [2.75, 3.05) is 11.9 Å². The molecule has 0 radical (unpaired) electrons. The van der Waals surface area contributed by atoms with Crippen molar-refractivity contribution in [3.05, 3.63) is 96.1 Å². The summed E-state index contributed by atoms with van der Waals surface area (Å²) in [6.45, 7) is 2.68. The second-order valence-electron chi connectivity index (χ2n) is 7.36. The smallest absolute Gasteiger partial charge is 0.255 e. The first-order valence-electron chi connectivity index (χ1n) is 10.9. The van der Waals surface area contributed by atoms with E-state index in [1.807, 2.05) is 42.5 Å². The summed E-state index contributed by atoms with van der Waals surface area (Å²) in [6, 6.07) is 21.7. The summed E-state index contributed by atoms with van der Waals surface area (Å²) >= 11 is 1.38. The molecule has 3 aromatic carbocycles. The van der Waals surface area contributed by atoms with Crippen LogP contribution in [0.2, 0.25) is 0 Å². The molecule has 3 rings (SSSR count). The molecule has 0 aromatic heterocycles. The molecule has 0 heterocycles. The Balaban J connectivity index is 1.64. The lowest BCUT2D eigenvalue weighted by atomic mass is 10.2. The van der Waals surface area contributed by atoms with E-state index in [9.17, 15) is 9.59 Å². The van der Waals surface area contributed by atoms with Crippen molar-refractivity contribution in [3.63, 3.8) is 0 Å². The highest BCUT2D eigenvalue weighted by Gasteiger charge is 2.13. The third kappa shape index (κ3) is 7.26. The zero-order valence-electron chi connectivity index (χ0n) is 18.6. The Morgan fingerprint density at radius 1 is 0.939 bits per heavy atom. The van der Waals surface area contributed by atoms with E-state index in [0.29, 0.717) is 29.2 Å². The molecule has 2 amide bonds. The van der Waals surface area contributed by atoms with Crippen molar-refractivity contribution < 1.29 is 14.3 Å². The molecule has 0 atom stereocenters. The number of primary amides is 1. The van der Waals surface area contributed by atoms with Crippen LogP contribution in [0.4, 0.5) is 5.69 Å². The monoisotopic (exact) mass is 460 g/mol. The van der Waals surface area contributed by atoms with Crippen LogP contribution in [0.25, 0.3) is 0 Å². The normalized spacial score (nSPS) is 10.8. The molecule has 0 bridgehead atoms. The number of hydrogen-bond acceptors (Lipinski definition) is 4. The highest BCUT2D eigenvalue weighted by molar-refractivity contribution is 7.99. The van der Waals surface area contributed by atoms with Gasteiger partial charge in [0, 0.05) is 15.4 Å². The van der Waals surface area contributed by atoms with Gasteiger partial charge in [-0.3, -0.25) is 9.59 Å². The predicted molar refractivity (Wildman–Crippen MR) is 134 cm³/mol. The number of carbonyl (C=O) groups is 2. The summed E-state index contributed by atoms with van der Waals surface area (Å²) in [5, 5.41) is 2.96. The maximum absolute atomic E-state index is 12.8. The van der Waals surface area contributed by atoms with E-state index in [4.69, 9.17) is 10.5 Å². The van der Waals surface area contributed by atoms with Crippen LogP contribution in [0, 0.1) is 0 Å². The number of anilines is 1. The minimum Gasteiger partial charge on any atom is -0.490 e. The van der Waals surface area contributed by atoms with Crippen molar-refractivity contribution in [2.24, 2.45) is 5.73 Å². The van der Waals surface area contributed by atoms with Crippen LogP contribution in [-0.2, 0) is 0 Å². The van der Waals surface area contributed by atoms with Crippen LogP contribution >= 0.6 is 11.8 Å². The molecule has 6 heteroatoms. The van der Waals surface area contributed by atoms with Crippen LogP contribution in [-0.4, -0.2) is 18.4 Å². The lowest BCUT2D eigenvalue weighted by molar-refractivity contribution is 0.0995. The average Bonchev–Trinajstić information content (AvgIpc) is 2.83. The standard InChI is InChI=1S/C27H28N2O3S/c1-2-3-4-5-10-19-32-21-17-15-20(16-18-21)27(31)29-23-12-7-9-14-25(23)33-24-13-8-6-11-22(24)26(28)30/h5-18H,2-4,19H2,1H3,(H2,28,30)(H,29,31)/b10-5+. The first-order chi connectivity index (χ1) is 16.1. The quantitative estimate of drug-likeness (QED) is 0.259. The Morgan fingerprint density at radius 3 is 2.36 bits per heavy atom. The van der Waals surface area contributed by atoms with Gasteiger partial charge in [-0.25, -0.2) is 0 Å². The largest absolute Gasteiger partial charge is 0.490 e. The van der Waals surface area contributed by atoms with Crippen LogP contribution in [0.15, 0.2) is 94.7 Å². The number of nitrogens with two attached hydrogens (primary N) is 1. The van der Waals surface area contributed by atoms with Gasteiger partial charge in [-0.1, -0.05) is 67.9 Å². The van der Waals surface area contributed by atoms with E-state index in [-0.39, 0.29) is 5.91 Å². The number of amides is 2. The molecule has 0 saturated carbocycles. The zero-order chi connectivity index (χ0) is 23.5. The van der Waals surface area contributed by atoms with Crippen molar-refractivity contribution in [1.82, 2.24) is 0 Å². The van der Waals surface area contributed by atoms with Crippen molar-refractivity contribution in [3.8, 4) is 5.75 Å². The summed E-state index contributed by atoms with van der Waals surface area (Å²) < 4.78 is 5.70. The topological polar surface area (TPSA) is 81.4 Å². The summed E-state index contributed by atoms with van der Waals surface area (Å²) in [4.78, 5) is 26.1. The van der Waals surface area contributed by atoms with E-state index in [2.05, 4.69) is 18.3 Å². The Bertz CT molecular complexity index is 1110. The van der Waals surface area contributed by atoms with Crippen LogP contribution in [0.1, 0.15) is 46.9 Å². The van der Waals surface area contributed by atoms with Crippen LogP contribution in [0.5, 0.6) is 5.75 Å². The first-order valence-corrected chi connectivity index (χ1v) is 11.7. The Morgan fingerprint density at radius 2 is 1.64 bits per heavy atom. The van der Waals surface area contributed by atoms with Gasteiger partial charge in [0.15, 0.2) is 0 Å². The fraction of sp³-hybridized carbons (Fsp3) is 0.185. The van der Waals surface area contributed by atoms with Gasteiger partial charge in [0.1, 0.15) is 12.4 Å². The second-order valence-corrected chi connectivity index (χ2v) is 8.45. The number of nitrogens with one attached hydrogen (secondary N) is 1. The Kier molecular flexibility index (Phi) is 9.15. The van der Waals surface area contributed by atoms with Gasteiger partial charge in [-0.15, -0.1) is 0 Å². The number of hydrogen-bond donors (Lipinski definition) is 2. The highest BCUT2D eigenvalue weighted by Crippen LogP contribution is 2.35. The van der Waals surface area contributed by atoms with Gasteiger partial charge in [0.05, 0.1) is 11.3 Å². The first kappa shape index (κ1) is 24.1. The van der Waals surface area contributed by atoms with E-state index in [0.717, 1.165) is 16.2 Å². The average molecular weight is 461 g/mol. The zero-order valence-corrected chi connectivity index (χ0v) is 19.4. The van der Waals surface area contributed by atoms with Gasteiger partial charge in [0.2, 0.25) is 5.91 Å². The molecule has 0 aliphatic carbocycles. The number of rotatable bonds is 11. The van der Waals surface area contributed by atoms with E-state index in [1.54, 1.807) is 36.4 Å². The van der Waals surface area contributed by atoms with E-state index in [1.165, 1.54) is 24.6 Å². The highest BCUT2D eigenvalue weighted by atomic mass is 32.2. The molecule has 0 spiro atoms. The molecular formula is C27H28N2O3S. The molecule has 0 unspecified atom stereocenters. The number of benzene rings is 3. The molecule has 170 valence electrons. The molecule has 0 fully saturated rings. The summed E-state index contributed by atoms with van der Waals surface area (Å²) in [6.07, 6.45) is 7.56. The third-order valence-electron chi connectivity index (χ3n) is 4.86. The van der Waals surface area contributed by atoms with Crippen LogP contribution < -0.4 is 15.8 Å². The van der Waals surface area contributed by atoms with E-state index < -0.39 is 5.91 Å². The summed E-state index contributed by atoms with van der Waals surface area (Å²) in [5.41, 5.74) is 7.12. The van der Waals surface area contributed by atoms with Gasteiger partial charge in [0.25, 0.3) is 5.91 Å². The molecule has 0 saturated heterocycles. The lowest BCUT2D eigenvalue weighted by Crippen LogP contribution is -2.13. The number of unbranched alkanes of at least 4 members (excludes halogenated alkanes) is 2. The lowest BCUT2D eigenvalue weighted by Gasteiger charge is -2.12. The SMILES string of the molecule is CCCC/C=C/COc1ccc(C(=O)Nc2ccccc2Sc2ccccc2C(N)=O)cc1. The van der Waals surface area contributed by atoms with Gasteiger partial charge in [-0.05, 0) is 55.0 Å². The second kappa shape index (κ2) is 12.5. The van der Waals surface area contributed by atoms with Gasteiger partial charge in [-0.2, -0.15) is 0 Å². The molecule has 0 aliphatic heterocycles. The molecule has 3 aromatic rings. The molecule has 3 N–H and O–H groups in total. The fourth-order valence-electron chi connectivity index (χ4n) is 3.09. The fourth-order valence-corrected chi connectivity index (χ4v) is 4.12. The Labute approximate surface area is 199 Å². The minimum absolute atomic E-state index is 0.225. The van der Waals surface area contributed by atoms with Crippen molar-refractivity contribution >= 4 is 29.3 Å². The summed E-state index contributed by atoms with van der Waals surface area (Å²) in [7, 11) is 0. The molecular weight excluding hydrogens is 432 g/mol. The third-order valence-corrected chi connectivity index (χ3v) is 6.01. The molecule has 5 nitrogen and oxygen atoms in total. The maximum atomic E-state index is 12.8. The minimum atomic E-state index is -0.488. The van der Waals surface area contributed by atoms with Gasteiger partial charge < -0.3 is 15.8 Å². The molecule has 0 aliphatic rings. The number of ether oxygens (including phenoxy) is 1. The maximum Gasteiger partial charge on any atom is 0.255 e. The van der Waals surface area contributed by atoms with E-state index >= 15 is 0 Å². The van der Waals surface area contributed by atoms with Crippen molar-refractivity contribution in [1.29, 1.82) is 0 Å². The number of carbonyl (C=O) groups excluding carboxylic acids is 2.